The van der Waals surface area contributed by atoms with Gasteiger partial charge in [0.05, 0.1) is 19.3 Å². The van der Waals surface area contributed by atoms with Crippen LogP contribution in [0, 0.1) is 11.6 Å². The van der Waals surface area contributed by atoms with Crippen LogP contribution in [-0.4, -0.2) is 82.8 Å². The topological polar surface area (TPSA) is 52.1 Å². The molecule has 1 aliphatic heterocycles. The summed E-state index contributed by atoms with van der Waals surface area (Å²) in [5.41, 5.74) is 0.0637. The number of rotatable bonds is 7. The van der Waals surface area contributed by atoms with Crippen molar-refractivity contribution >= 4 is 29.9 Å². The van der Waals surface area contributed by atoms with Crippen molar-refractivity contribution in [1.82, 2.24) is 20.4 Å². The van der Waals surface area contributed by atoms with Gasteiger partial charge in [-0.25, -0.2) is 8.78 Å². The number of hydrogen-bond acceptors (Lipinski definition) is 4. The van der Waals surface area contributed by atoms with Gasteiger partial charge >= 0.3 is 0 Å². The van der Waals surface area contributed by atoms with E-state index in [0.717, 1.165) is 39.4 Å². The molecular weight excluding hydrogens is 467 g/mol. The normalized spacial score (nSPS) is 16.7. The molecule has 6 nitrogen and oxygen atoms in total. The van der Waals surface area contributed by atoms with Gasteiger partial charge in [-0.1, -0.05) is 6.07 Å². The van der Waals surface area contributed by atoms with E-state index in [2.05, 4.69) is 20.5 Å². The minimum absolute atomic E-state index is 0. The van der Waals surface area contributed by atoms with Gasteiger partial charge in [0.2, 0.25) is 0 Å². The highest BCUT2D eigenvalue weighted by molar-refractivity contribution is 14.0. The van der Waals surface area contributed by atoms with Crippen LogP contribution in [0.4, 0.5) is 8.78 Å². The van der Waals surface area contributed by atoms with Gasteiger partial charge in [-0.2, -0.15) is 0 Å². The van der Waals surface area contributed by atoms with E-state index in [-0.39, 0.29) is 29.5 Å². The first-order valence-corrected chi connectivity index (χ1v) is 8.88. The molecule has 1 aromatic carbocycles. The Balaban J connectivity index is 0.00000364. The van der Waals surface area contributed by atoms with Crippen molar-refractivity contribution in [1.29, 1.82) is 0 Å². The Morgan fingerprint density at radius 3 is 2.41 bits per heavy atom. The summed E-state index contributed by atoms with van der Waals surface area (Å²) in [5, 5.41) is 6.40. The highest BCUT2D eigenvalue weighted by Gasteiger charge is 2.22. The number of nitrogens with zero attached hydrogens (tertiary/aromatic N) is 3. The maximum atomic E-state index is 14.1. The molecule has 0 saturated carbocycles. The summed E-state index contributed by atoms with van der Waals surface area (Å²) in [7, 11) is 5.28. The molecule has 27 heavy (non-hydrogen) atoms. The van der Waals surface area contributed by atoms with Gasteiger partial charge in [0.25, 0.3) is 0 Å². The summed E-state index contributed by atoms with van der Waals surface area (Å²) in [5.74, 6) is -0.469. The molecule has 1 aromatic rings. The van der Waals surface area contributed by atoms with Gasteiger partial charge < -0.3 is 20.3 Å². The Bertz CT molecular complexity index is 577. The standard InChI is InChI=1S/C18H29F2N5O.HI/c1-21-18(22-7-8-25-9-11-26-12-10-25)23-13-16(24(2)3)17-14(19)5-4-6-15(17)20;/h4-6,16H,7-13H2,1-3H3,(H2,21,22,23);1H. The molecule has 0 aliphatic carbocycles. The molecule has 0 radical (unpaired) electrons. The van der Waals surface area contributed by atoms with E-state index in [1.165, 1.54) is 18.2 Å². The molecule has 2 N–H and O–H groups in total. The first kappa shape index (κ1) is 24.0. The van der Waals surface area contributed by atoms with Gasteiger partial charge in [-0.05, 0) is 26.2 Å². The highest BCUT2D eigenvalue weighted by Crippen LogP contribution is 2.23. The van der Waals surface area contributed by atoms with E-state index in [9.17, 15) is 8.78 Å². The Labute approximate surface area is 177 Å². The van der Waals surface area contributed by atoms with Crippen LogP contribution >= 0.6 is 24.0 Å². The second-order valence-corrected chi connectivity index (χ2v) is 6.45. The zero-order valence-corrected chi connectivity index (χ0v) is 18.5. The molecule has 2 rings (SSSR count). The monoisotopic (exact) mass is 497 g/mol. The summed E-state index contributed by atoms with van der Waals surface area (Å²) in [4.78, 5) is 8.29. The highest BCUT2D eigenvalue weighted by atomic mass is 127. The van der Waals surface area contributed by atoms with E-state index >= 15 is 0 Å². The number of likely N-dealkylation sites (N-methyl/N-ethyl adjacent to an activating group) is 1. The predicted molar refractivity (Wildman–Crippen MR) is 115 cm³/mol. The third-order valence-corrected chi connectivity index (χ3v) is 4.47. The van der Waals surface area contributed by atoms with Crippen LogP contribution in [0.2, 0.25) is 0 Å². The number of hydrogen-bond donors (Lipinski definition) is 2. The zero-order valence-electron chi connectivity index (χ0n) is 16.2. The molecule has 0 aromatic heterocycles. The van der Waals surface area contributed by atoms with E-state index in [0.29, 0.717) is 12.5 Å². The van der Waals surface area contributed by atoms with Crippen molar-refractivity contribution in [3.05, 3.63) is 35.4 Å². The second-order valence-electron chi connectivity index (χ2n) is 6.45. The molecule has 154 valence electrons. The van der Waals surface area contributed by atoms with Crippen molar-refractivity contribution in [3.63, 3.8) is 0 Å². The zero-order chi connectivity index (χ0) is 18.9. The maximum Gasteiger partial charge on any atom is 0.191 e. The number of morpholine rings is 1. The van der Waals surface area contributed by atoms with Crippen LogP contribution in [0.1, 0.15) is 11.6 Å². The fraction of sp³-hybridized carbons (Fsp3) is 0.611. The largest absolute Gasteiger partial charge is 0.379 e. The van der Waals surface area contributed by atoms with Crippen LogP contribution in [0.3, 0.4) is 0 Å². The Morgan fingerprint density at radius 2 is 1.85 bits per heavy atom. The Hall–Kier alpha value is -1.04. The van der Waals surface area contributed by atoms with Crippen LogP contribution in [0.5, 0.6) is 0 Å². The lowest BCUT2D eigenvalue weighted by molar-refractivity contribution is 0.0389. The van der Waals surface area contributed by atoms with Crippen molar-refractivity contribution in [2.24, 2.45) is 4.99 Å². The molecule has 1 atom stereocenters. The third-order valence-electron chi connectivity index (χ3n) is 4.47. The lowest BCUT2D eigenvalue weighted by Crippen LogP contribution is -2.46. The minimum Gasteiger partial charge on any atom is -0.379 e. The molecule has 1 aliphatic rings. The first-order chi connectivity index (χ1) is 12.5. The quantitative estimate of drug-likeness (QED) is 0.341. The minimum atomic E-state index is -0.541. The van der Waals surface area contributed by atoms with E-state index in [1.54, 1.807) is 26.0 Å². The summed E-state index contributed by atoms with van der Waals surface area (Å²) in [6.07, 6.45) is 0. The summed E-state index contributed by atoms with van der Waals surface area (Å²) in [6.45, 7) is 5.37. The van der Waals surface area contributed by atoms with Crippen LogP contribution in [0.15, 0.2) is 23.2 Å². The summed E-state index contributed by atoms with van der Waals surface area (Å²) in [6, 6.07) is 3.49. The number of guanidine groups is 1. The van der Waals surface area contributed by atoms with Crippen LogP contribution in [0.25, 0.3) is 0 Å². The molecule has 1 heterocycles. The smallest absolute Gasteiger partial charge is 0.191 e. The fourth-order valence-electron chi connectivity index (χ4n) is 2.94. The lowest BCUT2D eigenvalue weighted by Gasteiger charge is -2.28. The van der Waals surface area contributed by atoms with E-state index in [4.69, 9.17) is 4.74 Å². The first-order valence-electron chi connectivity index (χ1n) is 8.88. The van der Waals surface area contributed by atoms with Crippen molar-refractivity contribution in [3.8, 4) is 0 Å². The van der Waals surface area contributed by atoms with Gasteiger partial charge in [-0.3, -0.25) is 9.89 Å². The SMILES string of the molecule is CN=C(NCCN1CCOCC1)NCC(c1c(F)cccc1F)N(C)C.I. The Morgan fingerprint density at radius 1 is 1.22 bits per heavy atom. The van der Waals surface area contributed by atoms with Gasteiger partial charge in [0.15, 0.2) is 5.96 Å². The van der Waals surface area contributed by atoms with Gasteiger partial charge in [0, 0.05) is 45.3 Å². The molecule has 0 spiro atoms. The fourth-order valence-corrected chi connectivity index (χ4v) is 2.94. The van der Waals surface area contributed by atoms with Crippen LogP contribution < -0.4 is 10.6 Å². The number of aliphatic imine (C=N–C) groups is 1. The molecule has 9 heteroatoms. The average Bonchev–Trinajstić information content (AvgIpc) is 2.63. The third kappa shape index (κ3) is 7.47. The van der Waals surface area contributed by atoms with Crippen molar-refractivity contribution in [2.45, 2.75) is 6.04 Å². The van der Waals surface area contributed by atoms with E-state index in [1.807, 2.05) is 0 Å². The molecule has 1 saturated heterocycles. The number of ether oxygens (including phenoxy) is 1. The molecule has 1 fully saturated rings. The number of halogens is 3. The Kier molecular flexibility index (Phi) is 11.0. The second kappa shape index (κ2) is 12.4. The number of nitrogens with one attached hydrogen (secondary N) is 2. The summed E-state index contributed by atoms with van der Waals surface area (Å²) >= 11 is 0. The maximum absolute atomic E-state index is 14.1. The number of benzene rings is 1. The summed E-state index contributed by atoms with van der Waals surface area (Å²) < 4.78 is 33.6. The molecule has 0 amide bonds. The van der Waals surface area contributed by atoms with E-state index < -0.39 is 17.7 Å². The molecule has 0 bridgehead atoms. The lowest BCUT2D eigenvalue weighted by atomic mass is 10.0. The predicted octanol–water partition coefficient (Wildman–Crippen LogP) is 1.68. The van der Waals surface area contributed by atoms with Gasteiger partial charge in [-0.15, -0.1) is 24.0 Å². The van der Waals surface area contributed by atoms with Crippen molar-refractivity contribution in [2.75, 3.05) is 67.1 Å². The molecular formula is C18H30F2IN5O. The van der Waals surface area contributed by atoms with Crippen LogP contribution in [-0.2, 0) is 4.74 Å². The molecule has 1 unspecified atom stereocenters. The van der Waals surface area contributed by atoms with Gasteiger partial charge in [0.1, 0.15) is 11.6 Å². The van der Waals surface area contributed by atoms with Crippen molar-refractivity contribution < 1.29 is 13.5 Å². The average molecular weight is 497 g/mol.